The molecule has 2 aromatic heterocycles. The molecule has 1 atom stereocenters. The van der Waals surface area contributed by atoms with Crippen molar-refractivity contribution in [2.45, 2.75) is 45.1 Å². The molecule has 1 aliphatic heterocycles. The Morgan fingerprint density at radius 2 is 2.00 bits per heavy atom. The van der Waals surface area contributed by atoms with Crippen LogP contribution in [0.5, 0.6) is 0 Å². The zero-order valence-electron chi connectivity index (χ0n) is 18.5. The van der Waals surface area contributed by atoms with Gasteiger partial charge < -0.3 is 21.1 Å². The molecule has 1 unspecified atom stereocenters. The standard InChI is InChI=1S/C23H28N6O3/c1-23(2,3)32-22(31)28-9-5-8-16(13-28)18-11-19(24)29-21(27-18)17(12-26-29)14-6-4-7-15(10-14)20(25)30/h4,6-7,10-12,16H,5,8-9,13,24H2,1-3H3,(H2,25,30). The van der Waals surface area contributed by atoms with Gasteiger partial charge >= 0.3 is 6.09 Å². The fraction of sp³-hybridized carbons (Fsp3) is 0.391. The van der Waals surface area contributed by atoms with Crippen LogP contribution >= 0.6 is 0 Å². The summed E-state index contributed by atoms with van der Waals surface area (Å²) < 4.78 is 7.11. The number of likely N-dealkylation sites (tertiary alicyclic amines) is 1. The molecular formula is C23H28N6O3. The number of ether oxygens (including phenoxy) is 1. The molecule has 2 amide bonds. The summed E-state index contributed by atoms with van der Waals surface area (Å²) in [6, 6.07) is 8.84. The Morgan fingerprint density at radius 1 is 1.22 bits per heavy atom. The van der Waals surface area contributed by atoms with E-state index in [1.807, 2.05) is 32.9 Å². The molecule has 0 spiro atoms. The third-order valence-corrected chi connectivity index (χ3v) is 5.47. The Bertz CT molecular complexity index is 1180. The van der Waals surface area contributed by atoms with Crippen molar-refractivity contribution < 1.29 is 14.3 Å². The van der Waals surface area contributed by atoms with Gasteiger partial charge in [-0.15, -0.1) is 0 Å². The summed E-state index contributed by atoms with van der Waals surface area (Å²) in [4.78, 5) is 30.8. The predicted molar refractivity (Wildman–Crippen MR) is 121 cm³/mol. The lowest BCUT2D eigenvalue weighted by atomic mass is 9.94. The van der Waals surface area contributed by atoms with Crippen molar-refractivity contribution in [3.05, 3.63) is 47.8 Å². The number of aromatic nitrogens is 3. The number of hydrogen-bond donors (Lipinski definition) is 2. The van der Waals surface area contributed by atoms with E-state index in [9.17, 15) is 9.59 Å². The molecule has 0 radical (unpaired) electrons. The number of carbonyl (C=O) groups is 2. The van der Waals surface area contributed by atoms with Gasteiger partial charge in [0, 0.05) is 36.2 Å². The normalized spacial score (nSPS) is 16.8. The number of benzene rings is 1. The Morgan fingerprint density at radius 3 is 2.72 bits per heavy atom. The van der Waals surface area contributed by atoms with E-state index in [0.29, 0.717) is 30.1 Å². The van der Waals surface area contributed by atoms with E-state index in [4.69, 9.17) is 21.2 Å². The summed E-state index contributed by atoms with van der Waals surface area (Å²) in [5.74, 6) is -0.0131. The van der Waals surface area contributed by atoms with E-state index in [-0.39, 0.29) is 12.0 Å². The fourth-order valence-electron chi connectivity index (χ4n) is 3.97. The number of nitrogens with zero attached hydrogens (tertiary/aromatic N) is 4. The molecule has 0 aliphatic carbocycles. The van der Waals surface area contributed by atoms with Gasteiger partial charge in [-0.05, 0) is 51.3 Å². The van der Waals surface area contributed by atoms with Crippen LogP contribution in [0.15, 0.2) is 36.5 Å². The van der Waals surface area contributed by atoms with Crippen LogP contribution in [0.3, 0.4) is 0 Å². The minimum Gasteiger partial charge on any atom is -0.444 e. The Labute approximate surface area is 186 Å². The smallest absolute Gasteiger partial charge is 0.410 e. The zero-order valence-corrected chi connectivity index (χ0v) is 18.5. The van der Waals surface area contributed by atoms with Crippen molar-refractivity contribution in [3.8, 4) is 11.1 Å². The number of hydrogen-bond acceptors (Lipinski definition) is 6. The number of nitrogens with two attached hydrogens (primary N) is 2. The summed E-state index contributed by atoms with van der Waals surface area (Å²) in [7, 11) is 0. The van der Waals surface area contributed by atoms with Crippen molar-refractivity contribution in [1.82, 2.24) is 19.5 Å². The number of piperidine rings is 1. The van der Waals surface area contributed by atoms with E-state index in [1.54, 1.807) is 33.8 Å². The molecule has 9 heteroatoms. The minimum atomic E-state index is -0.544. The van der Waals surface area contributed by atoms with Crippen LogP contribution < -0.4 is 11.5 Å². The van der Waals surface area contributed by atoms with Crippen molar-refractivity contribution in [1.29, 1.82) is 0 Å². The predicted octanol–water partition coefficient (Wildman–Crippen LogP) is 3.19. The fourth-order valence-corrected chi connectivity index (χ4v) is 3.97. The van der Waals surface area contributed by atoms with Crippen LogP contribution in [-0.2, 0) is 4.74 Å². The molecule has 3 aromatic rings. The lowest BCUT2D eigenvalue weighted by Gasteiger charge is -2.34. The van der Waals surface area contributed by atoms with Crippen molar-refractivity contribution in [2.75, 3.05) is 18.8 Å². The van der Waals surface area contributed by atoms with Gasteiger partial charge in [-0.3, -0.25) is 4.79 Å². The molecular weight excluding hydrogens is 408 g/mol. The van der Waals surface area contributed by atoms with E-state index < -0.39 is 11.5 Å². The second-order valence-electron chi connectivity index (χ2n) is 9.11. The minimum absolute atomic E-state index is 0.0308. The highest BCUT2D eigenvalue weighted by molar-refractivity contribution is 5.94. The van der Waals surface area contributed by atoms with Gasteiger partial charge in [0.25, 0.3) is 0 Å². The quantitative estimate of drug-likeness (QED) is 0.649. The molecule has 1 saturated heterocycles. The Hall–Kier alpha value is -3.62. The average molecular weight is 437 g/mol. The molecule has 0 saturated carbocycles. The SMILES string of the molecule is CC(C)(C)OC(=O)N1CCCC(c2cc(N)n3ncc(-c4cccc(C(N)=O)c4)c3n2)C1. The average Bonchev–Trinajstić information content (AvgIpc) is 3.17. The first kappa shape index (κ1) is 21.6. The van der Waals surface area contributed by atoms with Gasteiger partial charge in [0.1, 0.15) is 11.4 Å². The van der Waals surface area contributed by atoms with Gasteiger partial charge in [-0.1, -0.05) is 12.1 Å². The van der Waals surface area contributed by atoms with E-state index in [1.165, 1.54) is 0 Å². The maximum atomic E-state index is 12.6. The number of fused-ring (bicyclic) bond motifs is 1. The van der Waals surface area contributed by atoms with E-state index >= 15 is 0 Å². The molecule has 1 fully saturated rings. The van der Waals surface area contributed by atoms with E-state index in [2.05, 4.69) is 5.10 Å². The number of amides is 2. The summed E-state index contributed by atoms with van der Waals surface area (Å²) >= 11 is 0. The molecule has 4 N–H and O–H groups in total. The second kappa shape index (κ2) is 8.14. The molecule has 1 aromatic carbocycles. The zero-order chi connectivity index (χ0) is 23.0. The van der Waals surface area contributed by atoms with Crippen LogP contribution in [0.25, 0.3) is 16.8 Å². The maximum absolute atomic E-state index is 12.6. The van der Waals surface area contributed by atoms with Crippen molar-refractivity contribution in [2.24, 2.45) is 5.73 Å². The van der Waals surface area contributed by atoms with Gasteiger partial charge in [0.15, 0.2) is 5.65 Å². The molecule has 3 heterocycles. The summed E-state index contributed by atoms with van der Waals surface area (Å²) in [5.41, 5.74) is 14.5. The number of primary amides is 1. The highest BCUT2D eigenvalue weighted by atomic mass is 16.6. The highest BCUT2D eigenvalue weighted by Crippen LogP contribution is 2.31. The molecule has 0 bridgehead atoms. The van der Waals surface area contributed by atoms with Gasteiger partial charge in [-0.2, -0.15) is 9.61 Å². The first-order valence-electron chi connectivity index (χ1n) is 10.6. The molecule has 168 valence electrons. The van der Waals surface area contributed by atoms with Gasteiger partial charge in [0.05, 0.1) is 11.9 Å². The number of rotatable bonds is 3. The van der Waals surface area contributed by atoms with Crippen LogP contribution in [0.4, 0.5) is 10.6 Å². The second-order valence-corrected chi connectivity index (χ2v) is 9.11. The van der Waals surface area contributed by atoms with Crippen LogP contribution in [-0.4, -0.2) is 50.2 Å². The molecule has 4 rings (SSSR count). The van der Waals surface area contributed by atoms with Crippen molar-refractivity contribution >= 4 is 23.5 Å². The Kier molecular flexibility index (Phi) is 5.50. The lowest BCUT2D eigenvalue weighted by molar-refractivity contribution is 0.0197. The number of nitrogen functional groups attached to an aromatic ring is 1. The summed E-state index contributed by atoms with van der Waals surface area (Å²) in [6.07, 6.45) is 3.10. The first-order chi connectivity index (χ1) is 15.1. The third kappa shape index (κ3) is 4.37. The van der Waals surface area contributed by atoms with Gasteiger partial charge in [0.2, 0.25) is 5.91 Å². The van der Waals surface area contributed by atoms with Gasteiger partial charge in [-0.25, -0.2) is 9.78 Å². The highest BCUT2D eigenvalue weighted by Gasteiger charge is 2.29. The Balaban J connectivity index is 1.67. The van der Waals surface area contributed by atoms with Crippen LogP contribution in [0, 0.1) is 0 Å². The summed E-state index contributed by atoms with van der Waals surface area (Å²) in [5, 5.41) is 4.37. The monoisotopic (exact) mass is 436 g/mol. The molecule has 32 heavy (non-hydrogen) atoms. The van der Waals surface area contributed by atoms with E-state index in [0.717, 1.165) is 29.7 Å². The maximum Gasteiger partial charge on any atom is 0.410 e. The molecule has 1 aliphatic rings. The first-order valence-corrected chi connectivity index (χ1v) is 10.6. The van der Waals surface area contributed by atoms with Crippen molar-refractivity contribution in [3.63, 3.8) is 0 Å². The lowest BCUT2D eigenvalue weighted by Crippen LogP contribution is -2.42. The number of anilines is 1. The topological polar surface area (TPSA) is 129 Å². The number of carbonyl (C=O) groups excluding carboxylic acids is 2. The molecule has 9 nitrogen and oxygen atoms in total. The largest absolute Gasteiger partial charge is 0.444 e. The third-order valence-electron chi connectivity index (χ3n) is 5.47. The van der Waals surface area contributed by atoms with Crippen LogP contribution in [0.1, 0.15) is 55.6 Å². The van der Waals surface area contributed by atoms with Crippen LogP contribution in [0.2, 0.25) is 0 Å². The summed E-state index contributed by atoms with van der Waals surface area (Å²) in [6.45, 7) is 6.74.